The second-order valence-electron chi connectivity index (χ2n) is 4.61. The van der Waals surface area contributed by atoms with E-state index in [1.807, 2.05) is 13.8 Å². The molecule has 0 aromatic heterocycles. The molecular formula is C14H20N2O3. The molecule has 0 radical (unpaired) electrons. The molecule has 0 heterocycles. The van der Waals surface area contributed by atoms with Crippen molar-refractivity contribution in [3.05, 3.63) is 24.3 Å². The Morgan fingerprint density at radius 3 is 2.05 bits per heavy atom. The van der Waals surface area contributed by atoms with E-state index in [0.717, 1.165) is 11.4 Å². The van der Waals surface area contributed by atoms with Crippen molar-refractivity contribution in [2.75, 3.05) is 17.7 Å². The van der Waals surface area contributed by atoms with Crippen molar-refractivity contribution in [1.29, 1.82) is 0 Å². The minimum Gasteiger partial charge on any atom is -0.467 e. The van der Waals surface area contributed by atoms with E-state index in [0.29, 0.717) is 0 Å². The molecule has 1 aromatic carbocycles. The minimum absolute atomic E-state index is 0.0244. The van der Waals surface area contributed by atoms with Crippen LogP contribution < -0.4 is 10.6 Å². The first kappa shape index (κ1) is 15.0. The molecule has 0 aliphatic carbocycles. The third-order valence-electron chi connectivity index (χ3n) is 2.61. The monoisotopic (exact) mass is 264 g/mol. The Balaban J connectivity index is 2.61. The number of anilines is 2. The highest BCUT2D eigenvalue weighted by molar-refractivity contribution is 5.92. The second kappa shape index (κ2) is 6.78. The molecule has 0 spiro atoms. The summed E-state index contributed by atoms with van der Waals surface area (Å²) in [7, 11) is 1.35. The number of hydrogen-bond acceptors (Lipinski definition) is 4. The molecule has 1 amide bonds. The summed E-state index contributed by atoms with van der Waals surface area (Å²) in [4.78, 5) is 22.8. The van der Waals surface area contributed by atoms with E-state index in [1.165, 1.54) is 7.11 Å². The molecule has 0 fully saturated rings. The number of hydrogen-bond donors (Lipinski definition) is 2. The SMILES string of the molecule is COC(=O)C(C)Nc1ccc(NC(=O)C(C)C)cc1. The zero-order valence-corrected chi connectivity index (χ0v) is 11.7. The summed E-state index contributed by atoms with van der Waals surface area (Å²) in [6, 6.07) is 6.75. The molecule has 2 N–H and O–H groups in total. The van der Waals surface area contributed by atoms with Gasteiger partial charge in [0, 0.05) is 17.3 Å². The van der Waals surface area contributed by atoms with Crippen LogP contribution in [0.25, 0.3) is 0 Å². The van der Waals surface area contributed by atoms with E-state index in [2.05, 4.69) is 15.4 Å². The third kappa shape index (κ3) is 4.62. The number of esters is 1. The maximum Gasteiger partial charge on any atom is 0.327 e. The average molecular weight is 264 g/mol. The zero-order valence-electron chi connectivity index (χ0n) is 11.7. The van der Waals surface area contributed by atoms with Gasteiger partial charge in [-0.1, -0.05) is 13.8 Å². The lowest BCUT2D eigenvalue weighted by atomic mass is 10.2. The standard InChI is InChI=1S/C14H20N2O3/c1-9(2)13(17)16-12-7-5-11(6-8-12)15-10(3)14(18)19-4/h5-10,15H,1-4H3,(H,16,17). The van der Waals surface area contributed by atoms with Crippen molar-refractivity contribution in [3.8, 4) is 0 Å². The van der Waals surface area contributed by atoms with Crippen LogP contribution in [0.15, 0.2) is 24.3 Å². The van der Waals surface area contributed by atoms with E-state index >= 15 is 0 Å². The normalized spacial score (nSPS) is 11.8. The number of rotatable bonds is 5. The quantitative estimate of drug-likeness (QED) is 0.800. The van der Waals surface area contributed by atoms with Crippen LogP contribution in [0.3, 0.4) is 0 Å². The summed E-state index contributed by atoms with van der Waals surface area (Å²) >= 11 is 0. The third-order valence-corrected chi connectivity index (χ3v) is 2.61. The molecule has 0 bridgehead atoms. The number of carbonyl (C=O) groups is 2. The molecule has 0 aliphatic rings. The van der Waals surface area contributed by atoms with Crippen molar-refractivity contribution in [2.24, 2.45) is 5.92 Å². The fourth-order valence-corrected chi connectivity index (χ4v) is 1.42. The highest BCUT2D eigenvalue weighted by atomic mass is 16.5. The Labute approximate surface area is 113 Å². The molecular weight excluding hydrogens is 244 g/mol. The maximum absolute atomic E-state index is 11.5. The summed E-state index contributed by atoms with van der Waals surface area (Å²) in [5.41, 5.74) is 1.52. The Hall–Kier alpha value is -2.04. The first-order valence-electron chi connectivity index (χ1n) is 6.19. The van der Waals surface area contributed by atoms with Gasteiger partial charge in [-0.25, -0.2) is 4.79 Å². The van der Waals surface area contributed by atoms with Gasteiger partial charge in [-0.15, -0.1) is 0 Å². The van der Waals surface area contributed by atoms with Gasteiger partial charge in [0.1, 0.15) is 6.04 Å². The van der Waals surface area contributed by atoms with Crippen LogP contribution in [0.5, 0.6) is 0 Å². The van der Waals surface area contributed by atoms with Crippen LogP contribution in [0.1, 0.15) is 20.8 Å². The Kier molecular flexibility index (Phi) is 5.36. The number of ether oxygens (including phenoxy) is 1. The van der Waals surface area contributed by atoms with E-state index < -0.39 is 6.04 Å². The molecule has 5 heteroatoms. The van der Waals surface area contributed by atoms with Gasteiger partial charge in [-0.05, 0) is 31.2 Å². The van der Waals surface area contributed by atoms with Gasteiger partial charge < -0.3 is 15.4 Å². The van der Waals surface area contributed by atoms with Crippen molar-refractivity contribution in [3.63, 3.8) is 0 Å². The van der Waals surface area contributed by atoms with Crippen LogP contribution in [0, 0.1) is 5.92 Å². The van der Waals surface area contributed by atoms with E-state index in [9.17, 15) is 9.59 Å². The van der Waals surface area contributed by atoms with Crippen molar-refractivity contribution in [2.45, 2.75) is 26.8 Å². The molecule has 104 valence electrons. The van der Waals surface area contributed by atoms with Crippen LogP contribution in [-0.4, -0.2) is 25.0 Å². The average Bonchev–Trinajstić information content (AvgIpc) is 2.39. The van der Waals surface area contributed by atoms with Gasteiger partial charge in [0.05, 0.1) is 7.11 Å². The van der Waals surface area contributed by atoms with Crippen molar-refractivity contribution < 1.29 is 14.3 Å². The van der Waals surface area contributed by atoms with Gasteiger partial charge in [-0.2, -0.15) is 0 Å². The minimum atomic E-state index is -0.416. The first-order valence-corrected chi connectivity index (χ1v) is 6.19. The van der Waals surface area contributed by atoms with Gasteiger partial charge in [0.25, 0.3) is 0 Å². The topological polar surface area (TPSA) is 67.4 Å². The fraction of sp³-hybridized carbons (Fsp3) is 0.429. The smallest absolute Gasteiger partial charge is 0.327 e. The maximum atomic E-state index is 11.5. The highest BCUT2D eigenvalue weighted by Crippen LogP contribution is 2.15. The lowest BCUT2D eigenvalue weighted by molar-refractivity contribution is -0.141. The molecule has 0 aliphatic heterocycles. The van der Waals surface area contributed by atoms with E-state index in [-0.39, 0.29) is 17.8 Å². The number of carbonyl (C=O) groups excluding carboxylic acids is 2. The van der Waals surface area contributed by atoms with Crippen LogP contribution in [-0.2, 0) is 14.3 Å². The lowest BCUT2D eigenvalue weighted by Gasteiger charge is -2.13. The number of benzene rings is 1. The largest absolute Gasteiger partial charge is 0.467 e. The molecule has 1 aromatic rings. The molecule has 0 saturated carbocycles. The molecule has 19 heavy (non-hydrogen) atoms. The summed E-state index contributed by atoms with van der Waals surface area (Å²) in [6.07, 6.45) is 0. The second-order valence-corrected chi connectivity index (χ2v) is 4.61. The van der Waals surface area contributed by atoms with Crippen molar-refractivity contribution >= 4 is 23.3 Å². The van der Waals surface area contributed by atoms with Gasteiger partial charge in [-0.3, -0.25) is 4.79 Å². The van der Waals surface area contributed by atoms with Gasteiger partial charge >= 0.3 is 5.97 Å². The molecule has 5 nitrogen and oxygen atoms in total. The van der Waals surface area contributed by atoms with Gasteiger partial charge in [0.15, 0.2) is 0 Å². The predicted octanol–water partition coefficient (Wildman–Crippen LogP) is 2.25. The molecule has 1 rings (SSSR count). The number of nitrogens with one attached hydrogen (secondary N) is 2. The van der Waals surface area contributed by atoms with Gasteiger partial charge in [0.2, 0.25) is 5.91 Å². The predicted molar refractivity (Wildman–Crippen MR) is 75.0 cm³/mol. The van der Waals surface area contributed by atoms with Crippen LogP contribution >= 0.6 is 0 Å². The summed E-state index contributed by atoms with van der Waals surface area (Å²) < 4.78 is 4.63. The first-order chi connectivity index (χ1) is 8.93. The fourth-order valence-electron chi connectivity index (χ4n) is 1.42. The van der Waals surface area contributed by atoms with E-state index in [1.54, 1.807) is 31.2 Å². The summed E-state index contributed by atoms with van der Waals surface area (Å²) in [6.45, 7) is 5.40. The van der Waals surface area contributed by atoms with Crippen LogP contribution in [0.4, 0.5) is 11.4 Å². The molecule has 1 atom stereocenters. The lowest BCUT2D eigenvalue weighted by Crippen LogP contribution is -2.27. The Morgan fingerprint density at radius 1 is 1.05 bits per heavy atom. The molecule has 0 saturated heterocycles. The number of methoxy groups -OCH3 is 1. The number of amides is 1. The Morgan fingerprint density at radius 2 is 1.58 bits per heavy atom. The van der Waals surface area contributed by atoms with E-state index in [4.69, 9.17) is 0 Å². The summed E-state index contributed by atoms with van der Waals surface area (Å²) in [5, 5.41) is 5.81. The molecule has 1 unspecified atom stereocenters. The zero-order chi connectivity index (χ0) is 14.4. The highest BCUT2D eigenvalue weighted by Gasteiger charge is 2.12. The van der Waals surface area contributed by atoms with Crippen molar-refractivity contribution in [1.82, 2.24) is 0 Å². The summed E-state index contributed by atoms with van der Waals surface area (Å²) in [5.74, 6) is -0.405. The Bertz CT molecular complexity index is 441. The van der Waals surface area contributed by atoms with Crippen LogP contribution in [0.2, 0.25) is 0 Å².